The highest BCUT2D eigenvalue weighted by Gasteiger charge is 2.31. The molecule has 140 valence electrons. The Labute approximate surface area is 149 Å². The van der Waals surface area contributed by atoms with Crippen molar-refractivity contribution < 1.29 is 22.7 Å². The van der Waals surface area contributed by atoms with Crippen LogP contribution < -0.4 is 14.8 Å². The quantitative estimate of drug-likeness (QED) is 0.784. The first kappa shape index (κ1) is 19.5. The number of carbonyl (C=O) groups is 1. The summed E-state index contributed by atoms with van der Waals surface area (Å²) >= 11 is 0. The number of hydrogen-bond donors (Lipinski definition) is 1. The Kier molecular flexibility index (Phi) is 6.66. The fourth-order valence-corrected chi connectivity index (χ4v) is 4.19. The minimum absolute atomic E-state index is 0.0553. The van der Waals surface area contributed by atoms with Crippen molar-refractivity contribution in [3.8, 4) is 11.5 Å². The van der Waals surface area contributed by atoms with Crippen molar-refractivity contribution in [3.63, 3.8) is 0 Å². The van der Waals surface area contributed by atoms with Gasteiger partial charge in [0, 0.05) is 13.1 Å². The lowest BCUT2D eigenvalue weighted by atomic mass is 9.98. The Morgan fingerprint density at radius 1 is 1.28 bits per heavy atom. The Balaban J connectivity index is 2.03. The summed E-state index contributed by atoms with van der Waals surface area (Å²) in [5, 5.41) is 2.89. The number of rotatable bonds is 7. The van der Waals surface area contributed by atoms with Crippen LogP contribution in [0.1, 0.15) is 25.3 Å². The van der Waals surface area contributed by atoms with Gasteiger partial charge in [-0.1, -0.05) is 6.07 Å². The van der Waals surface area contributed by atoms with E-state index in [0.717, 1.165) is 5.56 Å². The van der Waals surface area contributed by atoms with Crippen LogP contribution in [0.3, 0.4) is 0 Å². The van der Waals surface area contributed by atoms with Crippen LogP contribution in [0.5, 0.6) is 11.5 Å². The number of nitrogens with zero attached hydrogens (tertiary/aromatic N) is 1. The smallest absolute Gasteiger partial charge is 0.224 e. The molecule has 1 N–H and O–H groups in total. The van der Waals surface area contributed by atoms with Gasteiger partial charge in [0.25, 0.3) is 0 Å². The third-order valence-corrected chi connectivity index (χ3v) is 6.33. The Bertz CT molecular complexity index is 683. The van der Waals surface area contributed by atoms with E-state index in [2.05, 4.69) is 5.32 Å². The van der Waals surface area contributed by atoms with Crippen LogP contribution in [0.2, 0.25) is 0 Å². The van der Waals surface area contributed by atoms with Crippen LogP contribution in [0.15, 0.2) is 18.2 Å². The van der Waals surface area contributed by atoms with E-state index in [4.69, 9.17) is 9.47 Å². The van der Waals surface area contributed by atoms with Gasteiger partial charge < -0.3 is 14.8 Å². The number of ether oxygens (including phenoxy) is 2. The van der Waals surface area contributed by atoms with Gasteiger partial charge in [-0.2, -0.15) is 0 Å². The largest absolute Gasteiger partial charge is 0.496 e. The van der Waals surface area contributed by atoms with E-state index in [1.54, 1.807) is 33.3 Å². The number of carbonyl (C=O) groups excluding carboxylic acids is 1. The molecular weight excluding hydrogens is 344 g/mol. The normalized spacial score (nSPS) is 18.6. The first-order chi connectivity index (χ1) is 11.9. The van der Waals surface area contributed by atoms with E-state index in [0.29, 0.717) is 30.9 Å². The summed E-state index contributed by atoms with van der Waals surface area (Å²) in [6.07, 6.45) is 1.37. The van der Waals surface area contributed by atoms with Gasteiger partial charge in [-0.25, -0.2) is 12.7 Å². The molecule has 0 aromatic heterocycles. The molecule has 1 amide bonds. The second kappa shape index (κ2) is 8.53. The fraction of sp³-hybridized carbons (Fsp3) is 0.588. The van der Waals surface area contributed by atoms with E-state index in [1.807, 2.05) is 6.07 Å². The minimum Gasteiger partial charge on any atom is -0.496 e. The van der Waals surface area contributed by atoms with E-state index < -0.39 is 10.0 Å². The lowest BCUT2D eigenvalue weighted by molar-refractivity contribution is -0.126. The molecule has 1 heterocycles. The third kappa shape index (κ3) is 4.64. The van der Waals surface area contributed by atoms with E-state index >= 15 is 0 Å². The monoisotopic (exact) mass is 370 g/mol. The molecule has 0 radical (unpaired) electrons. The molecule has 1 aromatic carbocycles. The highest BCUT2D eigenvalue weighted by Crippen LogP contribution is 2.28. The Hall–Kier alpha value is -1.80. The summed E-state index contributed by atoms with van der Waals surface area (Å²) < 4.78 is 36.1. The number of piperidine rings is 1. The van der Waals surface area contributed by atoms with E-state index in [1.165, 1.54) is 4.31 Å². The molecule has 8 heteroatoms. The number of benzene rings is 1. The SMILES string of the molecule is CCS(=O)(=O)N1CCC[C@H](C(=O)NCc2c(OC)cccc2OC)C1. The van der Waals surface area contributed by atoms with Crippen molar-refractivity contribution in [1.29, 1.82) is 0 Å². The van der Waals surface area contributed by atoms with Crippen LogP contribution in [-0.4, -0.2) is 51.7 Å². The topological polar surface area (TPSA) is 84.9 Å². The molecule has 1 fully saturated rings. The van der Waals surface area contributed by atoms with Gasteiger partial charge in [0.2, 0.25) is 15.9 Å². The second-order valence-electron chi connectivity index (χ2n) is 5.96. The molecule has 1 atom stereocenters. The number of amides is 1. The molecule has 7 nitrogen and oxygen atoms in total. The summed E-state index contributed by atoms with van der Waals surface area (Å²) in [5.74, 6) is 0.844. The molecule has 25 heavy (non-hydrogen) atoms. The first-order valence-electron chi connectivity index (χ1n) is 8.38. The standard InChI is InChI=1S/C17H26N2O5S/c1-4-25(21,22)19-10-6-7-13(12-19)17(20)18-11-14-15(23-2)8-5-9-16(14)24-3/h5,8-9,13H,4,6-7,10-12H2,1-3H3,(H,18,20)/t13-/m0/s1. The molecule has 0 aliphatic carbocycles. The lowest BCUT2D eigenvalue weighted by Crippen LogP contribution is -2.45. The molecule has 2 rings (SSSR count). The highest BCUT2D eigenvalue weighted by atomic mass is 32.2. The molecule has 0 saturated carbocycles. The molecule has 1 aliphatic rings. The van der Waals surface area contributed by atoms with Crippen LogP contribution in [0, 0.1) is 5.92 Å². The van der Waals surface area contributed by atoms with Crippen LogP contribution >= 0.6 is 0 Å². The summed E-state index contributed by atoms with van der Waals surface area (Å²) in [4.78, 5) is 12.5. The molecular formula is C17H26N2O5S. The molecule has 0 unspecified atom stereocenters. The zero-order valence-corrected chi connectivity index (χ0v) is 15.8. The Morgan fingerprint density at radius 2 is 1.92 bits per heavy atom. The zero-order valence-electron chi connectivity index (χ0n) is 14.9. The average molecular weight is 370 g/mol. The number of nitrogens with one attached hydrogen (secondary N) is 1. The number of sulfonamides is 1. The summed E-state index contributed by atoms with van der Waals surface area (Å²) in [6, 6.07) is 5.43. The van der Waals surface area contributed by atoms with Crippen LogP contribution in [-0.2, 0) is 21.4 Å². The highest BCUT2D eigenvalue weighted by molar-refractivity contribution is 7.89. The van der Waals surface area contributed by atoms with Gasteiger partial charge in [-0.05, 0) is 31.9 Å². The van der Waals surface area contributed by atoms with Crippen molar-refractivity contribution in [1.82, 2.24) is 9.62 Å². The van der Waals surface area contributed by atoms with Crippen LogP contribution in [0.4, 0.5) is 0 Å². The molecule has 1 aromatic rings. The van der Waals surface area contributed by atoms with E-state index in [9.17, 15) is 13.2 Å². The molecule has 0 spiro atoms. The minimum atomic E-state index is -3.26. The van der Waals surface area contributed by atoms with Crippen molar-refractivity contribution in [3.05, 3.63) is 23.8 Å². The predicted molar refractivity (Wildman–Crippen MR) is 95.2 cm³/mol. The Morgan fingerprint density at radius 3 is 2.48 bits per heavy atom. The van der Waals surface area contributed by atoms with E-state index in [-0.39, 0.29) is 30.7 Å². The van der Waals surface area contributed by atoms with Crippen molar-refractivity contribution in [2.24, 2.45) is 5.92 Å². The van der Waals surface area contributed by atoms with Gasteiger partial charge in [0.05, 0.1) is 38.0 Å². The lowest BCUT2D eigenvalue weighted by Gasteiger charge is -2.31. The van der Waals surface area contributed by atoms with Crippen LogP contribution in [0.25, 0.3) is 0 Å². The van der Waals surface area contributed by atoms with Crippen molar-refractivity contribution >= 4 is 15.9 Å². The van der Waals surface area contributed by atoms with Gasteiger partial charge in [0.1, 0.15) is 11.5 Å². The maximum absolute atomic E-state index is 12.5. The first-order valence-corrected chi connectivity index (χ1v) is 9.99. The third-order valence-electron chi connectivity index (χ3n) is 4.48. The van der Waals surface area contributed by atoms with Crippen molar-refractivity contribution in [2.75, 3.05) is 33.1 Å². The maximum atomic E-state index is 12.5. The summed E-state index contributed by atoms with van der Waals surface area (Å²) in [7, 11) is -0.134. The van der Waals surface area contributed by atoms with Gasteiger partial charge in [-0.15, -0.1) is 0 Å². The number of hydrogen-bond acceptors (Lipinski definition) is 5. The second-order valence-corrected chi connectivity index (χ2v) is 8.21. The summed E-state index contributed by atoms with van der Waals surface area (Å²) in [6.45, 7) is 2.61. The molecule has 1 saturated heterocycles. The maximum Gasteiger partial charge on any atom is 0.224 e. The zero-order chi connectivity index (χ0) is 18.4. The van der Waals surface area contributed by atoms with Crippen molar-refractivity contribution in [2.45, 2.75) is 26.3 Å². The summed E-state index contributed by atoms with van der Waals surface area (Å²) in [5.41, 5.74) is 0.759. The molecule has 1 aliphatic heterocycles. The van der Waals surface area contributed by atoms with Gasteiger partial charge >= 0.3 is 0 Å². The molecule has 0 bridgehead atoms. The average Bonchev–Trinajstić information content (AvgIpc) is 2.65. The van der Waals surface area contributed by atoms with Gasteiger partial charge in [-0.3, -0.25) is 4.79 Å². The predicted octanol–water partition coefficient (Wildman–Crippen LogP) is 1.38. The van der Waals surface area contributed by atoms with Gasteiger partial charge in [0.15, 0.2) is 0 Å². The number of methoxy groups -OCH3 is 2. The fourth-order valence-electron chi connectivity index (χ4n) is 3.01.